The summed E-state index contributed by atoms with van der Waals surface area (Å²) in [5.74, 6) is 1.98. The normalized spacial score (nSPS) is 14.2. The number of rotatable bonds is 6. The SMILES string of the molecule is CCOc1ccc([C@@H](N)C(C)CC)cc1OC. The Balaban J connectivity index is 2.96. The minimum absolute atomic E-state index is 0.0459. The Morgan fingerprint density at radius 2 is 1.94 bits per heavy atom. The molecule has 2 atom stereocenters. The Morgan fingerprint density at radius 1 is 1.24 bits per heavy atom. The number of hydrogen-bond donors (Lipinski definition) is 1. The highest BCUT2D eigenvalue weighted by molar-refractivity contribution is 5.43. The van der Waals surface area contributed by atoms with Crippen LogP contribution in [0.1, 0.15) is 38.8 Å². The number of methoxy groups -OCH3 is 1. The molecule has 0 bridgehead atoms. The fraction of sp³-hybridized carbons (Fsp3) is 0.571. The summed E-state index contributed by atoms with van der Waals surface area (Å²) in [5.41, 5.74) is 7.30. The standard InChI is InChI=1S/C14H23NO2/c1-5-10(3)14(15)11-7-8-12(17-6-2)13(9-11)16-4/h7-10,14H,5-6,15H2,1-4H3/t10?,14-/m0/s1. The molecule has 3 heteroatoms. The summed E-state index contributed by atoms with van der Waals surface area (Å²) in [6, 6.07) is 5.97. The highest BCUT2D eigenvalue weighted by atomic mass is 16.5. The summed E-state index contributed by atoms with van der Waals surface area (Å²) < 4.78 is 10.8. The van der Waals surface area contributed by atoms with Gasteiger partial charge in [0.15, 0.2) is 11.5 Å². The first-order chi connectivity index (χ1) is 8.13. The molecule has 0 saturated carbocycles. The van der Waals surface area contributed by atoms with Gasteiger partial charge in [0.25, 0.3) is 0 Å². The van der Waals surface area contributed by atoms with Crippen LogP contribution in [-0.4, -0.2) is 13.7 Å². The second-order valence-corrected chi connectivity index (χ2v) is 4.25. The smallest absolute Gasteiger partial charge is 0.161 e. The molecule has 0 radical (unpaired) electrons. The topological polar surface area (TPSA) is 44.5 Å². The third kappa shape index (κ3) is 3.37. The predicted octanol–water partition coefficient (Wildman–Crippen LogP) is 3.14. The Hall–Kier alpha value is -1.22. The van der Waals surface area contributed by atoms with E-state index in [2.05, 4.69) is 13.8 Å². The first kappa shape index (κ1) is 13.8. The quantitative estimate of drug-likeness (QED) is 0.826. The largest absolute Gasteiger partial charge is 0.493 e. The zero-order valence-electron chi connectivity index (χ0n) is 11.2. The van der Waals surface area contributed by atoms with Gasteiger partial charge < -0.3 is 15.2 Å². The Morgan fingerprint density at radius 3 is 2.47 bits per heavy atom. The van der Waals surface area contributed by atoms with E-state index in [-0.39, 0.29) is 6.04 Å². The molecule has 17 heavy (non-hydrogen) atoms. The van der Waals surface area contributed by atoms with E-state index >= 15 is 0 Å². The minimum Gasteiger partial charge on any atom is -0.493 e. The van der Waals surface area contributed by atoms with Crippen molar-refractivity contribution in [1.82, 2.24) is 0 Å². The molecule has 1 aromatic carbocycles. The predicted molar refractivity (Wildman–Crippen MR) is 70.5 cm³/mol. The zero-order valence-corrected chi connectivity index (χ0v) is 11.2. The molecule has 0 heterocycles. The maximum absolute atomic E-state index is 6.20. The average Bonchev–Trinajstić information content (AvgIpc) is 2.37. The summed E-state index contributed by atoms with van der Waals surface area (Å²) in [6.07, 6.45) is 1.07. The molecule has 1 rings (SSSR count). The lowest BCUT2D eigenvalue weighted by Crippen LogP contribution is -2.18. The van der Waals surface area contributed by atoms with Crippen molar-refractivity contribution in [3.63, 3.8) is 0 Å². The van der Waals surface area contributed by atoms with E-state index in [1.807, 2.05) is 25.1 Å². The molecule has 96 valence electrons. The van der Waals surface area contributed by atoms with Gasteiger partial charge in [0.1, 0.15) is 0 Å². The molecule has 2 N–H and O–H groups in total. The second kappa shape index (κ2) is 6.50. The maximum atomic E-state index is 6.20. The Labute approximate surface area is 104 Å². The number of hydrogen-bond acceptors (Lipinski definition) is 3. The summed E-state index contributed by atoms with van der Waals surface area (Å²) in [6.45, 7) is 6.90. The van der Waals surface area contributed by atoms with Crippen LogP contribution in [0.2, 0.25) is 0 Å². The lowest BCUT2D eigenvalue weighted by atomic mass is 9.93. The molecule has 1 unspecified atom stereocenters. The van der Waals surface area contributed by atoms with E-state index in [1.165, 1.54) is 0 Å². The summed E-state index contributed by atoms with van der Waals surface area (Å²) in [5, 5.41) is 0. The van der Waals surface area contributed by atoms with Gasteiger partial charge >= 0.3 is 0 Å². The van der Waals surface area contributed by atoms with Crippen molar-refractivity contribution in [3.05, 3.63) is 23.8 Å². The third-order valence-electron chi connectivity index (χ3n) is 3.13. The monoisotopic (exact) mass is 237 g/mol. The first-order valence-electron chi connectivity index (χ1n) is 6.20. The van der Waals surface area contributed by atoms with Gasteiger partial charge in [0, 0.05) is 6.04 Å². The molecule has 0 aliphatic rings. The van der Waals surface area contributed by atoms with Gasteiger partial charge in [-0.15, -0.1) is 0 Å². The van der Waals surface area contributed by atoms with Crippen LogP contribution in [0.3, 0.4) is 0 Å². The maximum Gasteiger partial charge on any atom is 0.161 e. The summed E-state index contributed by atoms with van der Waals surface area (Å²) in [4.78, 5) is 0. The number of benzene rings is 1. The molecule has 0 aliphatic heterocycles. The molecule has 0 aliphatic carbocycles. The van der Waals surface area contributed by atoms with Gasteiger partial charge in [0.05, 0.1) is 13.7 Å². The molecule has 0 amide bonds. The van der Waals surface area contributed by atoms with Gasteiger partial charge in [-0.25, -0.2) is 0 Å². The molecule has 3 nitrogen and oxygen atoms in total. The van der Waals surface area contributed by atoms with E-state index in [9.17, 15) is 0 Å². The number of nitrogens with two attached hydrogens (primary N) is 1. The lowest BCUT2D eigenvalue weighted by Gasteiger charge is -2.20. The molecule has 0 spiro atoms. The summed E-state index contributed by atoms with van der Waals surface area (Å²) in [7, 11) is 1.65. The highest BCUT2D eigenvalue weighted by Crippen LogP contribution is 2.32. The van der Waals surface area contributed by atoms with Gasteiger partial charge in [0.2, 0.25) is 0 Å². The zero-order chi connectivity index (χ0) is 12.8. The van der Waals surface area contributed by atoms with Crippen molar-refractivity contribution in [2.24, 2.45) is 11.7 Å². The average molecular weight is 237 g/mol. The van der Waals surface area contributed by atoms with Crippen LogP contribution in [0.25, 0.3) is 0 Å². The van der Waals surface area contributed by atoms with Crippen LogP contribution >= 0.6 is 0 Å². The first-order valence-corrected chi connectivity index (χ1v) is 6.20. The van der Waals surface area contributed by atoms with Gasteiger partial charge in [-0.1, -0.05) is 26.3 Å². The Bertz CT molecular complexity index is 352. The van der Waals surface area contributed by atoms with Gasteiger partial charge in [-0.3, -0.25) is 0 Å². The van der Waals surface area contributed by atoms with Crippen LogP contribution in [-0.2, 0) is 0 Å². The van der Waals surface area contributed by atoms with Crippen LogP contribution in [0.15, 0.2) is 18.2 Å². The van der Waals surface area contributed by atoms with E-state index in [0.717, 1.165) is 23.5 Å². The van der Waals surface area contributed by atoms with Crippen LogP contribution < -0.4 is 15.2 Å². The van der Waals surface area contributed by atoms with Crippen molar-refractivity contribution in [3.8, 4) is 11.5 Å². The number of ether oxygens (including phenoxy) is 2. The van der Waals surface area contributed by atoms with E-state index < -0.39 is 0 Å². The van der Waals surface area contributed by atoms with E-state index in [0.29, 0.717) is 12.5 Å². The van der Waals surface area contributed by atoms with Crippen molar-refractivity contribution in [2.45, 2.75) is 33.2 Å². The second-order valence-electron chi connectivity index (χ2n) is 4.25. The van der Waals surface area contributed by atoms with Gasteiger partial charge in [-0.2, -0.15) is 0 Å². The molecule has 0 fully saturated rings. The third-order valence-corrected chi connectivity index (χ3v) is 3.13. The lowest BCUT2D eigenvalue weighted by molar-refractivity contribution is 0.310. The minimum atomic E-state index is 0.0459. The van der Waals surface area contributed by atoms with E-state index in [1.54, 1.807) is 7.11 Å². The molecular formula is C14H23NO2. The van der Waals surface area contributed by atoms with Crippen LogP contribution in [0.5, 0.6) is 11.5 Å². The Kier molecular flexibility index (Phi) is 5.29. The van der Waals surface area contributed by atoms with Crippen molar-refractivity contribution >= 4 is 0 Å². The fourth-order valence-electron chi connectivity index (χ4n) is 1.75. The van der Waals surface area contributed by atoms with Crippen molar-refractivity contribution in [2.75, 3.05) is 13.7 Å². The van der Waals surface area contributed by atoms with Crippen molar-refractivity contribution < 1.29 is 9.47 Å². The van der Waals surface area contributed by atoms with E-state index in [4.69, 9.17) is 15.2 Å². The highest BCUT2D eigenvalue weighted by Gasteiger charge is 2.15. The van der Waals surface area contributed by atoms with Gasteiger partial charge in [-0.05, 0) is 30.5 Å². The molecule has 0 aromatic heterocycles. The molecular weight excluding hydrogens is 214 g/mol. The van der Waals surface area contributed by atoms with Crippen molar-refractivity contribution in [1.29, 1.82) is 0 Å². The molecule has 0 saturated heterocycles. The fourth-order valence-corrected chi connectivity index (χ4v) is 1.75. The van der Waals surface area contributed by atoms with Crippen LogP contribution in [0.4, 0.5) is 0 Å². The molecule has 1 aromatic rings. The summed E-state index contributed by atoms with van der Waals surface area (Å²) >= 11 is 0. The van der Waals surface area contributed by atoms with Crippen LogP contribution in [0, 0.1) is 5.92 Å².